The molecule has 0 atom stereocenters. The molecule has 0 aromatic carbocycles. The number of carbonyl (C=O) groups is 1. The number of quaternary nitrogens is 1. The fraction of sp³-hybridized carbons (Fsp3) is 0.885. The Morgan fingerprint density at radius 2 is 1.34 bits per heavy atom. The molecule has 1 amide bonds. The second kappa shape index (κ2) is 23.5. The van der Waals surface area contributed by atoms with Crippen molar-refractivity contribution >= 4 is 5.91 Å². The smallest absolute Gasteiger partial charge is 0.219 e. The third kappa shape index (κ3) is 25.6. The fourth-order valence-corrected chi connectivity index (χ4v) is 3.76. The van der Waals surface area contributed by atoms with Crippen molar-refractivity contribution in [2.75, 3.05) is 33.7 Å². The van der Waals surface area contributed by atoms with E-state index in [2.05, 4.69) is 38.5 Å². The Bertz CT molecular complexity index is 443. The molecule has 6 heteroatoms. The molecule has 0 aliphatic rings. The van der Waals surface area contributed by atoms with Crippen LogP contribution in [0.2, 0.25) is 0 Å². The molecule has 0 fully saturated rings. The number of allylic oxidation sites excluding steroid dienone is 2. The lowest BCUT2D eigenvalue weighted by atomic mass is 10.1. The minimum Gasteiger partial charge on any atom is -1.00 e. The summed E-state index contributed by atoms with van der Waals surface area (Å²) in [5.41, 5.74) is 0. The molecule has 5 nitrogen and oxygen atoms in total. The van der Waals surface area contributed by atoms with Gasteiger partial charge in [-0.1, -0.05) is 70.4 Å². The Labute approximate surface area is 205 Å². The summed E-state index contributed by atoms with van der Waals surface area (Å²) in [6, 6.07) is 0. The van der Waals surface area contributed by atoms with Gasteiger partial charge in [0.25, 0.3) is 0 Å². The lowest BCUT2D eigenvalue weighted by Crippen LogP contribution is -3.00. The number of amides is 1. The van der Waals surface area contributed by atoms with Gasteiger partial charge in [0.15, 0.2) is 6.29 Å². The van der Waals surface area contributed by atoms with Crippen molar-refractivity contribution in [2.45, 2.75) is 116 Å². The number of hydrogen-bond acceptors (Lipinski definition) is 3. The minimum atomic E-state index is -1.23. The molecule has 32 heavy (non-hydrogen) atoms. The van der Waals surface area contributed by atoms with Crippen molar-refractivity contribution in [3.05, 3.63) is 12.2 Å². The summed E-state index contributed by atoms with van der Waals surface area (Å²) in [4.78, 5) is 11.9. The summed E-state index contributed by atoms with van der Waals surface area (Å²) in [6.45, 7) is 4.61. The Hall–Kier alpha value is -0.620. The molecule has 192 valence electrons. The molecule has 0 aliphatic carbocycles. The molecule has 0 heterocycles. The largest absolute Gasteiger partial charge is 1.00 e. The maximum Gasteiger partial charge on any atom is 0.219 e. The first-order valence-electron chi connectivity index (χ1n) is 13.0. The maximum atomic E-state index is 11.9. The van der Waals surface area contributed by atoms with Crippen molar-refractivity contribution in [1.29, 1.82) is 0 Å². The van der Waals surface area contributed by atoms with Gasteiger partial charge < -0.3 is 32.4 Å². The number of rotatable bonds is 22. The van der Waals surface area contributed by atoms with Crippen LogP contribution < -0.4 is 17.7 Å². The minimum absolute atomic E-state index is 0. The maximum absolute atomic E-state index is 11.9. The summed E-state index contributed by atoms with van der Waals surface area (Å²) in [7, 11) is 4.16. The van der Waals surface area contributed by atoms with Crippen LogP contribution in [0.25, 0.3) is 0 Å². The van der Waals surface area contributed by atoms with Gasteiger partial charge in [0, 0.05) is 25.8 Å². The number of aliphatic hydroxyl groups is 2. The van der Waals surface area contributed by atoms with E-state index in [9.17, 15) is 4.79 Å². The van der Waals surface area contributed by atoms with Gasteiger partial charge in [0.1, 0.15) is 0 Å². The number of halogens is 1. The Balaban J connectivity index is 0. The van der Waals surface area contributed by atoms with Crippen LogP contribution in [0.15, 0.2) is 12.2 Å². The zero-order chi connectivity index (χ0) is 23.2. The predicted molar refractivity (Wildman–Crippen MR) is 132 cm³/mol. The van der Waals surface area contributed by atoms with E-state index in [1.807, 2.05) is 0 Å². The van der Waals surface area contributed by atoms with Crippen molar-refractivity contribution in [2.24, 2.45) is 0 Å². The molecule has 0 bridgehead atoms. The molecule has 0 unspecified atom stereocenters. The van der Waals surface area contributed by atoms with Gasteiger partial charge in [0.05, 0.1) is 27.2 Å². The van der Waals surface area contributed by atoms with Gasteiger partial charge in [-0.15, -0.1) is 0 Å². The van der Waals surface area contributed by atoms with E-state index in [-0.39, 0.29) is 18.3 Å². The average molecular weight is 477 g/mol. The number of carbonyl (C=O) groups excluding carboxylic acids is 1. The summed E-state index contributed by atoms with van der Waals surface area (Å²) in [5, 5.41) is 21.0. The fourth-order valence-electron chi connectivity index (χ4n) is 3.76. The van der Waals surface area contributed by atoms with Crippen molar-refractivity contribution < 1.29 is 31.9 Å². The highest BCUT2D eigenvalue weighted by molar-refractivity contribution is 5.75. The molecule has 0 spiro atoms. The number of nitrogens with zero attached hydrogens (tertiary/aromatic N) is 1. The van der Waals surface area contributed by atoms with Gasteiger partial charge in [0.2, 0.25) is 5.91 Å². The summed E-state index contributed by atoms with van der Waals surface area (Å²) < 4.78 is 0.738. The molecule has 0 aromatic rings. The van der Waals surface area contributed by atoms with Crippen LogP contribution in [0.1, 0.15) is 110 Å². The summed E-state index contributed by atoms with van der Waals surface area (Å²) >= 11 is 0. The van der Waals surface area contributed by atoms with Gasteiger partial charge in [-0.3, -0.25) is 4.79 Å². The van der Waals surface area contributed by atoms with Gasteiger partial charge >= 0.3 is 0 Å². The second-order valence-electron chi connectivity index (χ2n) is 9.69. The van der Waals surface area contributed by atoms with Crippen molar-refractivity contribution in [1.82, 2.24) is 5.32 Å². The van der Waals surface area contributed by atoms with E-state index < -0.39 is 6.29 Å². The first-order chi connectivity index (χ1) is 14.9. The third-order valence-electron chi connectivity index (χ3n) is 5.92. The third-order valence-corrected chi connectivity index (χ3v) is 5.92. The van der Waals surface area contributed by atoms with Crippen molar-refractivity contribution in [3.63, 3.8) is 0 Å². The van der Waals surface area contributed by atoms with Crippen LogP contribution in [0.3, 0.4) is 0 Å². The second-order valence-corrected chi connectivity index (χ2v) is 9.69. The Kier molecular flexibility index (Phi) is 24.7. The number of nitrogens with one attached hydrogen (secondary N) is 1. The molecule has 3 N–H and O–H groups in total. The van der Waals surface area contributed by atoms with E-state index in [1.54, 1.807) is 0 Å². The SMILES string of the molecule is CCCCCCCC/C=C\CCCCCCCC(=O)NCCC[N+](C)(C)CCC(O)O.[Cl-]. The van der Waals surface area contributed by atoms with E-state index in [0.717, 1.165) is 36.8 Å². The molecule has 0 saturated heterocycles. The van der Waals surface area contributed by atoms with Crippen LogP contribution in [-0.2, 0) is 4.79 Å². The van der Waals surface area contributed by atoms with E-state index in [0.29, 0.717) is 19.4 Å². The zero-order valence-electron chi connectivity index (χ0n) is 21.3. The quantitative estimate of drug-likeness (QED) is 0.0971. The molecule has 0 aromatic heterocycles. The monoisotopic (exact) mass is 476 g/mol. The first-order valence-corrected chi connectivity index (χ1v) is 13.0. The predicted octanol–water partition coefficient (Wildman–Crippen LogP) is 2.31. The molecule has 0 rings (SSSR count). The van der Waals surface area contributed by atoms with Gasteiger partial charge in [-0.05, 0) is 32.1 Å². The van der Waals surface area contributed by atoms with E-state index in [4.69, 9.17) is 10.2 Å². The highest BCUT2D eigenvalue weighted by Crippen LogP contribution is 2.10. The number of aliphatic hydroxyl groups excluding tert-OH is 1. The van der Waals surface area contributed by atoms with Crippen LogP contribution in [-0.4, -0.2) is 60.6 Å². The molecular formula is C26H53ClN2O3. The standard InChI is InChI=1S/C26H52N2O3.ClH/c1-4-5-6-7-8-9-10-11-12-13-14-15-16-17-18-20-25(29)27-22-19-23-28(2,3)24-21-26(30)31;/h11-12,26,30-31H,4-10,13-24H2,1-3H3;1H/b12-11-;. The lowest BCUT2D eigenvalue weighted by molar-refractivity contribution is -0.891. The highest BCUT2D eigenvalue weighted by atomic mass is 35.5. The molecule has 0 aliphatic heterocycles. The number of unbranched alkanes of at least 4 members (excludes halogenated alkanes) is 11. The van der Waals surface area contributed by atoms with E-state index in [1.165, 1.54) is 70.6 Å². The normalized spacial score (nSPS) is 11.8. The number of hydrogen-bond donors (Lipinski definition) is 3. The topological polar surface area (TPSA) is 69.6 Å². The molecular weight excluding hydrogens is 424 g/mol. The van der Waals surface area contributed by atoms with Crippen LogP contribution >= 0.6 is 0 Å². The molecule has 0 radical (unpaired) electrons. The Morgan fingerprint density at radius 1 is 0.812 bits per heavy atom. The summed E-state index contributed by atoms with van der Waals surface area (Å²) in [5.74, 6) is 0.161. The zero-order valence-corrected chi connectivity index (χ0v) is 22.1. The highest BCUT2D eigenvalue weighted by Gasteiger charge is 2.16. The van der Waals surface area contributed by atoms with Crippen LogP contribution in [0.5, 0.6) is 0 Å². The van der Waals surface area contributed by atoms with E-state index >= 15 is 0 Å². The van der Waals surface area contributed by atoms with Gasteiger partial charge in [-0.25, -0.2) is 0 Å². The first kappa shape index (κ1) is 33.6. The average Bonchev–Trinajstić information content (AvgIpc) is 2.72. The lowest BCUT2D eigenvalue weighted by Gasteiger charge is -2.30. The van der Waals surface area contributed by atoms with Crippen molar-refractivity contribution in [3.8, 4) is 0 Å². The van der Waals surface area contributed by atoms with Crippen LogP contribution in [0.4, 0.5) is 0 Å². The van der Waals surface area contributed by atoms with Gasteiger partial charge in [-0.2, -0.15) is 0 Å². The van der Waals surface area contributed by atoms with Crippen LogP contribution in [0, 0.1) is 0 Å². The summed E-state index contributed by atoms with van der Waals surface area (Å²) in [6.07, 6.45) is 21.9. The molecule has 0 saturated carbocycles. The Morgan fingerprint density at radius 3 is 1.91 bits per heavy atom.